The molecule has 18 heavy (non-hydrogen) atoms. The maximum Gasteiger partial charge on any atom is 0.293 e. The molecule has 0 aliphatic heterocycles. The van der Waals surface area contributed by atoms with Gasteiger partial charge in [0, 0.05) is 18.2 Å². The van der Waals surface area contributed by atoms with Gasteiger partial charge in [-0.2, -0.15) is 0 Å². The fourth-order valence-electron chi connectivity index (χ4n) is 1.35. The molecule has 0 heterocycles. The van der Waals surface area contributed by atoms with Crippen molar-refractivity contribution in [2.75, 3.05) is 31.7 Å². The van der Waals surface area contributed by atoms with Gasteiger partial charge in [-0.15, -0.1) is 0 Å². The molecule has 0 saturated heterocycles. The van der Waals surface area contributed by atoms with E-state index in [1.807, 2.05) is 0 Å². The average molecular weight is 254 g/mol. The van der Waals surface area contributed by atoms with Crippen LogP contribution in [0.2, 0.25) is 0 Å². The number of ether oxygens (including phenoxy) is 1. The summed E-state index contributed by atoms with van der Waals surface area (Å²) in [6, 6.07) is 4.19. The van der Waals surface area contributed by atoms with Crippen LogP contribution in [0, 0.1) is 10.1 Å². The van der Waals surface area contributed by atoms with Crippen LogP contribution >= 0.6 is 0 Å². The van der Waals surface area contributed by atoms with Crippen molar-refractivity contribution in [3.63, 3.8) is 0 Å². The van der Waals surface area contributed by atoms with E-state index in [1.54, 1.807) is 0 Å². The maximum absolute atomic E-state index is 10.8. The predicted molar refractivity (Wildman–Crippen MR) is 64.9 cm³/mol. The Morgan fingerprint density at radius 3 is 2.83 bits per heavy atom. The zero-order chi connectivity index (χ0) is 13.4. The number of nitrogens with one attached hydrogen (secondary N) is 1. The maximum atomic E-state index is 10.8. The van der Waals surface area contributed by atoms with Crippen LogP contribution in [-0.2, 0) is 4.74 Å². The summed E-state index contributed by atoms with van der Waals surface area (Å²) in [5.74, 6) is 0. The van der Waals surface area contributed by atoms with E-state index in [-0.39, 0.29) is 24.5 Å². The number of nitro groups is 1. The summed E-state index contributed by atoms with van der Waals surface area (Å²) in [4.78, 5) is 20.8. The molecule has 7 heteroatoms. The molecule has 1 aromatic rings. The van der Waals surface area contributed by atoms with E-state index in [1.165, 1.54) is 18.2 Å². The van der Waals surface area contributed by atoms with Crippen molar-refractivity contribution in [3.8, 4) is 0 Å². The lowest BCUT2D eigenvalue weighted by Gasteiger charge is -2.07. The highest BCUT2D eigenvalue weighted by molar-refractivity contribution is 5.79. The molecular formula is C11H14N2O5. The number of aldehydes is 1. The molecule has 0 aliphatic rings. The molecule has 2 N–H and O–H groups in total. The SMILES string of the molecule is O=Cc1ccc(NCCOCCO)c([N+](=O)[O-])c1. The number of nitrogens with zero attached hydrogens (tertiary/aromatic N) is 1. The molecule has 0 saturated carbocycles. The van der Waals surface area contributed by atoms with Crippen molar-refractivity contribution < 1.29 is 19.6 Å². The third kappa shape index (κ3) is 4.11. The molecule has 0 atom stereocenters. The van der Waals surface area contributed by atoms with Crippen molar-refractivity contribution in [2.45, 2.75) is 0 Å². The minimum absolute atomic E-state index is 0.0613. The third-order valence-electron chi connectivity index (χ3n) is 2.15. The minimum atomic E-state index is -0.552. The van der Waals surface area contributed by atoms with Gasteiger partial charge in [0.25, 0.3) is 5.69 Å². The van der Waals surface area contributed by atoms with Gasteiger partial charge in [-0.1, -0.05) is 0 Å². The number of nitro benzene ring substituents is 1. The van der Waals surface area contributed by atoms with Crippen molar-refractivity contribution >= 4 is 17.7 Å². The number of rotatable bonds is 8. The lowest BCUT2D eigenvalue weighted by Crippen LogP contribution is -2.12. The second-order valence-corrected chi connectivity index (χ2v) is 3.41. The fraction of sp³-hybridized carbons (Fsp3) is 0.364. The summed E-state index contributed by atoms with van der Waals surface area (Å²) >= 11 is 0. The van der Waals surface area contributed by atoms with Crippen LogP contribution in [0.5, 0.6) is 0 Å². The lowest BCUT2D eigenvalue weighted by atomic mass is 10.2. The van der Waals surface area contributed by atoms with Crippen molar-refractivity contribution in [1.29, 1.82) is 0 Å². The summed E-state index contributed by atoms with van der Waals surface area (Å²) < 4.78 is 5.01. The minimum Gasteiger partial charge on any atom is -0.394 e. The summed E-state index contributed by atoms with van der Waals surface area (Å²) in [6.07, 6.45) is 0.557. The van der Waals surface area contributed by atoms with Gasteiger partial charge in [0.05, 0.1) is 24.7 Å². The molecule has 7 nitrogen and oxygen atoms in total. The van der Waals surface area contributed by atoms with Crippen molar-refractivity contribution in [3.05, 3.63) is 33.9 Å². The fourth-order valence-corrected chi connectivity index (χ4v) is 1.35. The third-order valence-corrected chi connectivity index (χ3v) is 2.15. The Labute approximate surface area is 104 Å². The molecule has 0 aliphatic carbocycles. The first kappa shape index (κ1) is 14.1. The Balaban J connectivity index is 2.64. The highest BCUT2D eigenvalue weighted by Gasteiger charge is 2.13. The topological polar surface area (TPSA) is 102 Å². The normalized spacial score (nSPS) is 10.1. The van der Waals surface area contributed by atoms with Gasteiger partial charge < -0.3 is 15.2 Å². The number of carbonyl (C=O) groups excluding carboxylic acids is 1. The van der Waals surface area contributed by atoms with Gasteiger partial charge in [-0.3, -0.25) is 14.9 Å². The second-order valence-electron chi connectivity index (χ2n) is 3.41. The van der Waals surface area contributed by atoms with Gasteiger partial charge in [0.15, 0.2) is 0 Å². The van der Waals surface area contributed by atoms with Crippen molar-refractivity contribution in [2.24, 2.45) is 0 Å². The first-order valence-corrected chi connectivity index (χ1v) is 5.35. The van der Waals surface area contributed by atoms with Gasteiger partial charge in [-0.05, 0) is 12.1 Å². The Bertz CT molecular complexity index is 422. The number of benzene rings is 1. The first-order chi connectivity index (χ1) is 8.69. The monoisotopic (exact) mass is 254 g/mol. The van der Waals surface area contributed by atoms with Crippen LogP contribution < -0.4 is 5.32 Å². The van der Waals surface area contributed by atoms with Gasteiger partial charge in [0.2, 0.25) is 0 Å². The number of aliphatic hydroxyl groups excluding tert-OH is 1. The van der Waals surface area contributed by atoms with Crippen LogP contribution in [-0.4, -0.2) is 42.7 Å². The second kappa shape index (κ2) is 7.36. The quantitative estimate of drug-likeness (QED) is 0.308. The largest absolute Gasteiger partial charge is 0.394 e. The van der Waals surface area contributed by atoms with Gasteiger partial charge in [0.1, 0.15) is 12.0 Å². The molecular weight excluding hydrogens is 240 g/mol. The smallest absolute Gasteiger partial charge is 0.293 e. The van der Waals surface area contributed by atoms with E-state index in [2.05, 4.69) is 5.32 Å². The summed E-state index contributed by atoms with van der Waals surface area (Å²) in [5, 5.41) is 22.1. The molecule has 0 fully saturated rings. The standard InChI is InChI=1S/C11H14N2O5/c14-4-6-18-5-3-12-10-2-1-9(8-15)7-11(10)13(16)17/h1-2,7-8,12,14H,3-6H2. The van der Waals surface area contributed by atoms with E-state index < -0.39 is 4.92 Å². The number of hydrogen-bond acceptors (Lipinski definition) is 6. The first-order valence-electron chi connectivity index (χ1n) is 5.35. The Morgan fingerprint density at radius 2 is 2.22 bits per heavy atom. The van der Waals surface area contributed by atoms with Gasteiger partial charge in [-0.25, -0.2) is 0 Å². The van der Waals surface area contributed by atoms with Crippen LogP contribution in [0.3, 0.4) is 0 Å². The highest BCUT2D eigenvalue weighted by Crippen LogP contribution is 2.24. The Kier molecular flexibility index (Phi) is 5.75. The molecule has 0 radical (unpaired) electrons. The molecule has 1 aromatic carbocycles. The summed E-state index contributed by atoms with van der Waals surface area (Å²) in [5.41, 5.74) is 0.434. The molecule has 0 unspecified atom stereocenters. The lowest BCUT2D eigenvalue weighted by molar-refractivity contribution is -0.384. The van der Waals surface area contributed by atoms with E-state index in [9.17, 15) is 14.9 Å². The molecule has 0 bridgehead atoms. The molecule has 0 amide bonds. The summed E-state index contributed by atoms with van der Waals surface area (Å²) in [7, 11) is 0. The van der Waals surface area contributed by atoms with Gasteiger partial charge >= 0.3 is 0 Å². The van der Waals surface area contributed by atoms with E-state index >= 15 is 0 Å². The zero-order valence-electron chi connectivity index (χ0n) is 9.67. The highest BCUT2D eigenvalue weighted by atomic mass is 16.6. The number of hydrogen-bond donors (Lipinski definition) is 2. The average Bonchev–Trinajstić information content (AvgIpc) is 2.38. The number of aliphatic hydroxyl groups is 1. The van der Waals surface area contributed by atoms with E-state index in [4.69, 9.17) is 9.84 Å². The molecule has 0 aromatic heterocycles. The van der Waals surface area contributed by atoms with Crippen LogP contribution in [0.4, 0.5) is 11.4 Å². The van der Waals surface area contributed by atoms with Crippen LogP contribution in [0.25, 0.3) is 0 Å². The van der Waals surface area contributed by atoms with Crippen LogP contribution in [0.15, 0.2) is 18.2 Å². The zero-order valence-corrected chi connectivity index (χ0v) is 9.67. The summed E-state index contributed by atoms with van der Waals surface area (Å²) in [6.45, 7) is 0.871. The molecule has 98 valence electrons. The Hall–Kier alpha value is -1.99. The predicted octanol–water partition coefficient (Wildman–Crippen LogP) is 0.828. The molecule has 1 rings (SSSR count). The van der Waals surface area contributed by atoms with Crippen molar-refractivity contribution in [1.82, 2.24) is 0 Å². The number of carbonyl (C=O) groups is 1. The molecule has 0 spiro atoms. The Morgan fingerprint density at radius 1 is 1.44 bits per heavy atom. The number of anilines is 1. The van der Waals surface area contributed by atoms with E-state index in [0.717, 1.165) is 0 Å². The van der Waals surface area contributed by atoms with Crippen LogP contribution in [0.1, 0.15) is 10.4 Å². The van der Waals surface area contributed by atoms with E-state index in [0.29, 0.717) is 25.1 Å².